The number of aryl methyl sites for hydroxylation is 1. The van der Waals surface area contributed by atoms with E-state index >= 15 is 0 Å². The molecule has 2 amide bonds. The van der Waals surface area contributed by atoms with Gasteiger partial charge < -0.3 is 10.6 Å². The van der Waals surface area contributed by atoms with E-state index < -0.39 is 6.04 Å². The van der Waals surface area contributed by atoms with Crippen molar-refractivity contribution in [3.05, 3.63) is 35.4 Å². The first-order valence-electron chi connectivity index (χ1n) is 7.63. The number of carbonyl (C=O) groups is 2. The van der Waals surface area contributed by atoms with Gasteiger partial charge in [0.2, 0.25) is 11.8 Å². The van der Waals surface area contributed by atoms with Crippen LogP contribution in [0.4, 0.5) is 0 Å². The Hall–Kier alpha value is -1.49. The van der Waals surface area contributed by atoms with Crippen molar-refractivity contribution in [2.75, 3.05) is 12.0 Å². The summed E-state index contributed by atoms with van der Waals surface area (Å²) in [6.07, 6.45) is 3.02. The summed E-state index contributed by atoms with van der Waals surface area (Å²) in [6, 6.07) is 7.45. The van der Waals surface area contributed by atoms with E-state index in [4.69, 9.17) is 0 Å². The Kier molecular flexibility index (Phi) is 8.02. The standard InChI is InChI=1S/C17H26N2O2S/c1-5-16(20)19-15(10-11-22-4)17(21)18-13(3)14-9-7-6-8-12(14)2/h6-9,13,15H,5,10-11H2,1-4H3,(H,18,21)(H,19,20). The maximum atomic E-state index is 12.5. The van der Waals surface area contributed by atoms with Gasteiger partial charge in [-0.1, -0.05) is 31.2 Å². The Labute approximate surface area is 137 Å². The van der Waals surface area contributed by atoms with Gasteiger partial charge in [0.1, 0.15) is 6.04 Å². The highest BCUT2D eigenvalue weighted by atomic mass is 32.2. The molecule has 2 N–H and O–H groups in total. The molecule has 1 aromatic carbocycles. The molecule has 0 aliphatic heterocycles. The van der Waals surface area contributed by atoms with E-state index in [1.807, 2.05) is 44.4 Å². The number of nitrogens with one attached hydrogen (secondary N) is 2. The van der Waals surface area contributed by atoms with E-state index in [1.54, 1.807) is 18.7 Å². The van der Waals surface area contributed by atoms with Crippen LogP contribution in [0.25, 0.3) is 0 Å². The summed E-state index contributed by atoms with van der Waals surface area (Å²) in [5.41, 5.74) is 2.25. The van der Waals surface area contributed by atoms with E-state index in [9.17, 15) is 9.59 Å². The minimum absolute atomic E-state index is 0.0796. The molecule has 0 aliphatic carbocycles. The Morgan fingerprint density at radius 3 is 2.50 bits per heavy atom. The normalized spacial score (nSPS) is 13.3. The molecule has 122 valence electrons. The minimum atomic E-state index is -0.466. The SMILES string of the molecule is CCC(=O)NC(CCSC)C(=O)NC(C)c1ccccc1C. The number of carbonyl (C=O) groups excluding carboxylic acids is 2. The second kappa shape index (κ2) is 9.51. The van der Waals surface area contributed by atoms with Crippen LogP contribution >= 0.6 is 11.8 Å². The number of amides is 2. The van der Waals surface area contributed by atoms with E-state index in [0.29, 0.717) is 12.8 Å². The molecular weight excluding hydrogens is 296 g/mol. The molecule has 0 saturated heterocycles. The number of hydrogen-bond acceptors (Lipinski definition) is 3. The van der Waals surface area contributed by atoms with Crippen molar-refractivity contribution in [1.82, 2.24) is 10.6 Å². The highest BCUT2D eigenvalue weighted by molar-refractivity contribution is 7.98. The molecule has 2 unspecified atom stereocenters. The van der Waals surface area contributed by atoms with Crippen LogP contribution in [-0.4, -0.2) is 29.9 Å². The molecule has 2 atom stereocenters. The zero-order chi connectivity index (χ0) is 16.5. The average molecular weight is 322 g/mol. The van der Waals surface area contributed by atoms with Crippen LogP contribution in [0.1, 0.15) is 43.9 Å². The molecule has 0 radical (unpaired) electrons. The Morgan fingerprint density at radius 1 is 1.23 bits per heavy atom. The summed E-state index contributed by atoms with van der Waals surface area (Å²) in [4.78, 5) is 24.1. The first kappa shape index (κ1) is 18.6. The first-order chi connectivity index (χ1) is 10.5. The number of benzene rings is 1. The van der Waals surface area contributed by atoms with Crippen LogP contribution < -0.4 is 10.6 Å². The van der Waals surface area contributed by atoms with Crippen LogP contribution in [0.2, 0.25) is 0 Å². The van der Waals surface area contributed by atoms with Gasteiger partial charge in [-0.3, -0.25) is 9.59 Å². The lowest BCUT2D eigenvalue weighted by Crippen LogP contribution is -2.47. The lowest BCUT2D eigenvalue weighted by molar-refractivity contribution is -0.129. The van der Waals surface area contributed by atoms with Gasteiger partial charge >= 0.3 is 0 Å². The third-order valence-electron chi connectivity index (χ3n) is 3.60. The van der Waals surface area contributed by atoms with Gasteiger partial charge in [0.15, 0.2) is 0 Å². The van der Waals surface area contributed by atoms with Crippen molar-refractivity contribution < 1.29 is 9.59 Å². The average Bonchev–Trinajstić information content (AvgIpc) is 2.51. The van der Waals surface area contributed by atoms with E-state index in [-0.39, 0.29) is 17.9 Å². The fraction of sp³-hybridized carbons (Fsp3) is 0.529. The Bertz CT molecular complexity index is 505. The van der Waals surface area contributed by atoms with Gasteiger partial charge in [-0.2, -0.15) is 11.8 Å². The lowest BCUT2D eigenvalue weighted by Gasteiger charge is -2.22. The molecular formula is C17H26N2O2S. The molecule has 0 spiro atoms. The summed E-state index contributed by atoms with van der Waals surface area (Å²) >= 11 is 1.67. The van der Waals surface area contributed by atoms with Crippen LogP contribution in [-0.2, 0) is 9.59 Å². The molecule has 0 heterocycles. The van der Waals surface area contributed by atoms with Crippen LogP contribution in [0.5, 0.6) is 0 Å². The number of rotatable bonds is 8. The third-order valence-corrected chi connectivity index (χ3v) is 4.24. The van der Waals surface area contributed by atoms with Gasteiger partial charge in [0.05, 0.1) is 6.04 Å². The van der Waals surface area contributed by atoms with E-state index in [2.05, 4.69) is 10.6 Å². The highest BCUT2D eigenvalue weighted by Gasteiger charge is 2.22. The maximum absolute atomic E-state index is 12.5. The molecule has 0 aliphatic rings. The molecule has 0 fully saturated rings. The van der Waals surface area contributed by atoms with Gasteiger partial charge in [-0.05, 0) is 43.4 Å². The Morgan fingerprint density at radius 2 is 1.91 bits per heavy atom. The number of hydrogen-bond donors (Lipinski definition) is 2. The molecule has 22 heavy (non-hydrogen) atoms. The van der Waals surface area contributed by atoms with Crippen molar-refractivity contribution in [2.45, 2.75) is 45.7 Å². The first-order valence-corrected chi connectivity index (χ1v) is 9.03. The smallest absolute Gasteiger partial charge is 0.243 e. The quantitative estimate of drug-likeness (QED) is 0.774. The summed E-state index contributed by atoms with van der Waals surface area (Å²) in [5.74, 6) is 0.622. The second-order valence-corrected chi connectivity index (χ2v) is 6.33. The predicted octanol–water partition coefficient (Wildman–Crippen LogP) is 2.82. The Balaban J connectivity index is 2.72. The molecule has 1 aromatic rings. The zero-order valence-electron chi connectivity index (χ0n) is 13.8. The van der Waals surface area contributed by atoms with E-state index in [1.165, 1.54) is 0 Å². The van der Waals surface area contributed by atoms with Crippen molar-refractivity contribution in [2.24, 2.45) is 0 Å². The molecule has 0 aromatic heterocycles. The van der Waals surface area contributed by atoms with Gasteiger partial charge in [0, 0.05) is 6.42 Å². The minimum Gasteiger partial charge on any atom is -0.348 e. The molecule has 1 rings (SSSR count). The highest BCUT2D eigenvalue weighted by Crippen LogP contribution is 2.17. The van der Waals surface area contributed by atoms with Gasteiger partial charge in [-0.25, -0.2) is 0 Å². The molecule has 4 nitrogen and oxygen atoms in total. The maximum Gasteiger partial charge on any atom is 0.243 e. The molecule has 0 bridgehead atoms. The monoisotopic (exact) mass is 322 g/mol. The summed E-state index contributed by atoms with van der Waals surface area (Å²) in [5, 5.41) is 5.82. The van der Waals surface area contributed by atoms with Crippen LogP contribution in [0.15, 0.2) is 24.3 Å². The van der Waals surface area contributed by atoms with Crippen molar-refractivity contribution in [3.8, 4) is 0 Å². The summed E-state index contributed by atoms with van der Waals surface area (Å²) in [6.45, 7) is 5.78. The van der Waals surface area contributed by atoms with Crippen molar-refractivity contribution in [3.63, 3.8) is 0 Å². The molecule has 5 heteroatoms. The largest absolute Gasteiger partial charge is 0.348 e. The fourth-order valence-corrected chi connectivity index (χ4v) is 2.74. The predicted molar refractivity (Wildman–Crippen MR) is 93.0 cm³/mol. The second-order valence-electron chi connectivity index (χ2n) is 5.34. The number of thioether (sulfide) groups is 1. The third kappa shape index (κ3) is 5.72. The van der Waals surface area contributed by atoms with Crippen LogP contribution in [0.3, 0.4) is 0 Å². The zero-order valence-corrected chi connectivity index (χ0v) is 14.6. The summed E-state index contributed by atoms with van der Waals surface area (Å²) < 4.78 is 0. The van der Waals surface area contributed by atoms with Gasteiger partial charge in [-0.15, -0.1) is 0 Å². The van der Waals surface area contributed by atoms with Crippen molar-refractivity contribution in [1.29, 1.82) is 0 Å². The lowest BCUT2D eigenvalue weighted by atomic mass is 10.0. The van der Waals surface area contributed by atoms with Crippen LogP contribution in [0, 0.1) is 6.92 Å². The molecule has 0 saturated carbocycles. The van der Waals surface area contributed by atoms with E-state index in [0.717, 1.165) is 16.9 Å². The van der Waals surface area contributed by atoms with Crippen molar-refractivity contribution >= 4 is 23.6 Å². The fourth-order valence-electron chi connectivity index (χ4n) is 2.27. The topological polar surface area (TPSA) is 58.2 Å². The summed E-state index contributed by atoms with van der Waals surface area (Å²) in [7, 11) is 0. The van der Waals surface area contributed by atoms with Gasteiger partial charge in [0.25, 0.3) is 0 Å².